The molecule has 0 fully saturated rings. The van der Waals surface area contributed by atoms with E-state index in [0.29, 0.717) is 0 Å². The van der Waals surface area contributed by atoms with Crippen molar-refractivity contribution < 1.29 is 9.90 Å². The topological polar surface area (TPSA) is 102 Å². The van der Waals surface area contributed by atoms with Gasteiger partial charge in [0.2, 0.25) is 0 Å². The van der Waals surface area contributed by atoms with E-state index in [9.17, 15) is 4.79 Å². The third-order valence-corrected chi connectivity index (χ3v) is 1.74. The fourth-order valence-electron chi connectivity index (χ4n) is 0.857. The van der Waals surface area contributed by atoms with Crippen molar-refractivity contribution in [3.63, 3.8) is 0 Å². The second-order valence-corrected chi connectivity index (χ2v) is 2.81. The van der Waals surface area contributed by atoms with Gasteiger partial charge in [-0.3, -0.25) is 4.79 Å². The van der Waals surface area contributed by atoms with Crippen LogP contribution in [0.4, 0.5) is 5.82 Å². The van der Waals surface area contributed by atoms with E-state index in [-0.39, 0.29) is 16.5 Å². The summed E-state index contributed by atoms with van der Waals surface area (Å²) < 4.78 is 0. The van der Waals surface area contributed by atoms with Gasteiger partial charge in [-0.1, -0.05) is 17.7 Å². The lowest BCUT2D eigenvalue weighted by molar-refractivity contribution is -0.138. The smallest absolute Gasteiger partial charge is 0.325 e. The maximum atomic E-state index is 10.5. The number of pyridine rings is 1. The highest BCUT2D eigenvalue weighted by molar-refractivity contribution is 6.29. The molecule has 0 aliphatic heterocycles. The van der Waals surface area contributed by atoms with Crippen molar-refractivity contribution in [1.82, 2.24) is 4.98 Å². The van der Waals surface area contributed by atoms with Gasteiger partial charge in [0.25, 0.3) is 0 Å². The van der Waals surface area contributed by atoms with E-state index in [4.69, 9.17) is 28.2 Å². The van der Waals surface area contributed by atoms with Crippen LogP contribution in [0.25, 0.3) is 0 Å². The third-order valence-electron chi connectivity index (χ3n) is 1.52. The lowest BCUT2D eigenvalue weighted by Crippen LogP contribution is -2.22. The Hall–Kier alpha value is -1.33. The van der Waals surface area contributed by atoms with Crippen LogP contribution < -0.4 is 11.5 Å². The van der Waals surface area contributed by atoms with E-state index in [2.05, 4.69) is 4.98 Å². The van der Waals surface area contributed by atoms with Crippen LogP contribution in [0.1, 0.15) is 11.6 Å². The number of carbonyl (C=O) groups is 1. The SMILES string of the molecule is Nc1nc(Cl)ccc1[C@H](N)C(=O)O. The van der Waals surface area contributed by atoms with Crippen LogP contribution >= 0.6 is 11.6 Å². The van der Waals surface area contributed by atoms with E-state index in [0.717, 1.165) is 0 Å². The van der Waals surface area contributed by atoms with Crippen molar-refractivity contribution >= 4 is 23.4 Å². The fraction of sp³-hybridized carbons (Fsp3) is 0.143. The van der Waals surface area contributed by atoms with Crippen molar-refractivity contribution in [3.8, 4) is 0 Å². The predicted molar refractivity (Wildman–Crippen MR) is 48.2 cm³/mol. The van der Waals surface area contributed by atoms with Crippen LogP contribution in [0.15, 0.2) is 12.1 Å². The van der Waals surface area contributed by atoms with Gasteiger partial charge >= 0.3 is 5.97 Å². The summed E-state index contributed by atoms with van der Waals surface area (Å²) in [6.07, 6.45) is 0. The molecular formula is C7H8ClN3O2. The molecule has 5 N–H and O–H groups in total. The first-order chi connectivity index (χ1) is 6.02. The summed E-state index contributed by atoms with van der Waals surface area (Å²) in [5, 5.41) is 8.80. The van der Waals surface area contributed by atoms with Crippen LogP contribution in [-0.2, 0) is 4.79 Å². The quantitative estimate of drug-likeness (QED) is 0.601. The molecule has 0 unspecified atom stereocenters. The number of aliphatic carboxylic acids is 1. The minimum absolute atomic E-state index is 0.0439. The first kappa shape index (κ1) is 9.76. The van der Waals surface area contributed by atoms with E-state index in [1.54, 1.807) is 0 Å². The van der Waals surface area contributed by atoms with Gasteiger partial charge in [-0.2, -0.15) is 0 Å². The zero-order valence-corrected chi connectivity index (χ0v) is 7.32. The molecule has 0 aromatic carbocycles. The fourth-order valence-corrected chi connectivity index (χ4v) is 1.01. The van der Waals surface area contributed by atoms with Gasteiger partial charge in [-0.25, -0.2) is 4.98 Å². The summed E-state index contributed by atoms with van der Waals surface area (Å²) in [7, 11) is 0. The van der Waals surface area contributed by atoms with Gasteiger partial charge in [0.15, 0.2) is 0 Å². The number of anilines is 1. The number of nitrogens with zero attached hydrogens (tertiary/aromatic N) is 1. The highest BCUT2D eigenvalue weighted by Crippen LogP contribution is 2.19. The maximum Gasteiger partial charge on any atom is 0.325 e. The van der Waals surface area contributed by atoms with Crippen molar-refractivity contribution in [3.05, 3.63) is 22.8 Å². The summed E-state index contributed by atoms with van der Waals surface area (Å²) >= 11 is 5.52. The van der Waals surface area contributed by atoms with Crippen LogP contribution in [-0.4, -0.2) is 16.1 Å². The molecule has 0 radical (unpaired) electrons. The van der Waals surface area contributed by atoms with Crippen molar-refractivity contribution in [1.29, 1.82) is 0 Å². The zero-order chi connectivity index (χ0) is 10.0. The molecule has 0 saturated carbocycles. The summed E-state index contributed by atoms with van der Waals surface area (Å²) in [6.45, 7) is 0. The number of aromatic nitrogens is 1. The minimum Gasteiger partial charge on any atom is -0.480 e. The van der Waals surface area contributed by atoms with Crippen LogP contribution in [0.3, 0.4) is 0 Å². The molecule has 0 saturated heterocycles. The molecule has 0 spiro atoms. The third kappa shape index (κ3) is 2.07. The molecule has 6 heteroatoms. The molecule has 0 amide bonds. The summed E-state index contributed by atoms with van der Waals surface area (Å²) in [4.78, 5) is 14.2. The van der Waals surface area contributed by atoms with Crippen molar-refractivity contribution in [2.75, 3.05) is 5.73 Å². The molecule has 5 nitrogen and oxygen atoms in total. The summed E-state index contributed by atoms with van der Waals surface area (Å²) in [5.41, 5.74) is 11.0. The molecule has 1 aromatic heterocycles. The van der Waals surface area contributed by atoms with Gasteiger partial charge in [0.1, 0.15) is 17.0 Å². The molecule has 1 aromatic rings. The van der Waals surface area contributed by atoms with E-state index in [1.807, 2.05) is 0 Å². The van der Waals surface area contributed by atoms with E-state index >= 15 is 0 Å². The highest BCUT2D eigenvalue weighted by Gasteiger charge is 2.17. The monoisotopic (exact) mass is 201 g/mol. The first-order valence-corrected chi connectivity index (χ1v) is 3.80. The number of carboxylic acid groups (broad SMARTS) is 1. The standard InChI is InChI=1S/C7H8ClN3O2/c8-4-2-1-3(6(10)11-4)5(9)7(12)13/h1-2,5H,9H2,(H2,10,11)(H,12,13)/t5-/m0/s1. The molecule has 0 aliphatic carbocycles. The van der Waals surface area contributed by atoms with E-state index in [1.165, 1.54) is 12.1 Å². The number of hydrogen-bond acceptors (Lipinski definition) is 4. The average Bonchev–Trinajstić information content (AvgIpc) is 2.03. The minimum atomic E-state index is -1.16. The number of carboxylic acids is 1. The summed E-state index contributed by atoms with van der Waals surface area (Å²) in [5.74, 6) is -1.11. The van der Waals surface area contributed by atoms with Gasteiger partial charge in [-0.15, -0.1) is 0 Å². The number of hydrogen-bond donors (Lipinski definition) is 3. The van der Waals surface area contributed by atoms with Crippen LogP contribution in [0.2, 0.25) is 5.15 Å². The largest absolute Gasteiger partial charge is 0.480 e. The number of nitrogen functional groups attached to an aromatic ring is 1. The second-order valence-electron chi connectivity index (χ2n) is 2.42. The van der Waals surface area contributed by atoms with Crippen LogP contribution in [0.5, 0.6) is 0 Å². The Morgan fingerprint density at radius 2 is 2.23 bits per heavy atom. The molecule has 0 bridgehead atoms. The highest BCUT2D eigenvalue weighted by atomic mass is 35.5. The Morgan fingerprint density at radius 1 is 1.62 bits per heavy atom. The lowest BCUT2D eigenvalue weighted by Gasteiger charge is -2.08. The molecule has 0 aliphatic rings. The van der Waals surface area contributed by atoms with Gasteiger partial charge < -0.3 is 16.6 Å². The lowest BCUT2D eigenvalue weighted by atomic mass is 10.1. The Labute approximate surface area is 79.3 Å². The first-order valence-electron chi connectivity index (χ1n) is 3.42. The maximum absolute atomic E-state index is 10.5. The Morgan fingerprint density at radius 3 is 2.69 bits per heavy atom. The Bertz CT molecular complexity index is 343. The Balaban J connectivity index is 3.08. The molecular weight excluding hydrogens is 194 g/mol. The Kier molecular flexibility index (Phi) is 2.69. The molecule has 70 valence electrons. The predicted octanol–water partition coefficient (Wildman–Crippen LogP) is 0.402. The van der Waals surface area contributed by atoms with Crippen LogP contribution in [0, 0.1) is 0 Å². The normalized spacial score (nSPS) is 12.5. The van der Waals surface area contributed by atoms with Crippen molar-refractivity contribution in [2.45, 2.75) is 6.04 Å². The molecule has 1 heterocycles. The molecule has 13 heavy (non-hydrogen) atoms. The van der Waals surface area contributed by atoms with Gasteiger partial charge in [0, 0.05) is 5.56 Å². The second kappa shape index (κ2) is 3.59. The number of nitrogens with two attached hydrogens (primary N) is 2. The number of halogens is 1. The average molecular weight is 202 g/mol. The van der Waals surface area contributed by atoms with Gasteiger partial charge in [0.05, 0.1) is 0 Å². The van der Waals surface area contributed by atoms with E-state index < -0.39 is 12.0 Å². The molecule has 1 rings (SSSR count). The summed E-state index contributed by atoms with van der Waals surface area (Å²) in [6, 6.07) is 1.73. The van der Waals surface area contributed by atoms with Crippen molar-refractivity contribution in [2.24, 2.45) is 5.73 Å². The van der Waals surface area contributed by atoms with Gasteiger partial charge in [-0.05, 0) is 6.07 Å². The molecule has 1 atom stereocenters. The zero-order valence-electron chi connectivity index (χ0n) is 6.57. The number of rotatable bonds is 2.